The molecule has 2 aromatic heterocycles. The number of furan rings is 1. The lowest BCUT2D eigenvalue weighted by molar-refractivity contribution is 0.295. The molecule has 20 heavy (non-hydrogen) atoms. The van der Waals surface area contributed by atoms with Crippen LogP contribution in [0, 0.1) is 6.92 Å². The Morgan fingerprint density at radius 2 is 2.10 bits per heavy atom. The van der Waals surface area contributed by atoms with E-state index in [4.69, 9.17) is 4.42 Å². The molecule has 0 aliphatic heterocycles. The van der Waals surface area contributed by atoms with E-state index < -0.39 is 5.69 Å². The Labute approximate surface area is 116 Å². The molecule has 1 N–H and O–H groups in total. The summed E-state index contributed by atoms with van der Waals surface area (Å²) in [6, 6.07) is 3.88. The number of aryl methyl sites for hydroxylation is 1. The Hall–Kier alpha value is -2.08. The first kappa shape index (κ1) is 14.3. The van der Waals surface area contributed by atoms with Crippen LogP contribution in [0.1, 0.15) is 17.1 Å². The molecule has 108 valence electrons. The van der Waals surface area contributed by atoms with E-state index in [1.54, 1.807) is 0 Å². The summed E-state index contributed by atoms with van der Waals surface area (Å²) in [6.45, 7) is 3.31. The van der Waals surface area contributed by atoms with Gasteiger partial charge in [-0.1, -0.05) is 0 Å². The molecule has 0 saturated carbocycles. The lowest BCUT2D eigenvalue weighted by Crippen LogP contribution is -2.35. The first-order valence-corrected chi connectivity index (χ1v) is 6.49. The van der Waals surface area contributed by atoms with Gasteiger partial charge in [-0.05, 0) is 32.5 Å². The van der Waals surface area contributed by atoms with E-state index >= 15 is 0 Å². The number of hydrogen-bond donors (Lipinski definition) is 1. The predicted octanol–water partition coefficient (Wildman–Crippen LogP) is 0.650. The maximum absolute atomic E-state index is 11.9. The molecule has 0 amide bonds. The zero-order valence-electron chi connectivity index (χ0n) is 12.0. The summed E-state index contributed by atoms with van der Waals surface area (Å²) in [5.74, 6) is 1.79. The Kier molecular flexibility index (Phi) is 4.24. The normalized spacial score (nSPS) is 11.2. The molecule has 2 rings (SSSR count). The Morgan fingerprint density at radius 3 is 2.75 bits per heavy atom. The third-order valence-electron chi connectivity index (χ3n) is 3.24. The fraction of sp³-hybridized carbons (Fsp3) is 0.429. The molecule has 0 aliphatic carbocycles. The monoisotopic (exact) mass is 277 g/mol. The van der Waals surface area contributed by atoms with E-state index in [-0.39, 0.29) is 5.56 Å². The van der Waals surface area contributed by atoms with Crippen LogP contribution in [0.15, 0.2) is 32.3 Å². The summed E-state index contributed by atoms with van der Waals surface area (Å²) >= 11 is 0. The van der Waals surface area contributed by atoms with Crippen molar-refractivity contribution in [3.8, 4) is 0 Å². The molecule has 0 spiro atoms. The van der Waals surface area contributed by atoms with E-state index in [1.807, 2.05) is 26.1 Å². The molecule has 0 aliphatic rings. The summed E-state index contributed by atoms with van der Waals surface area (Å²) in [4.78, 5) is 27.8. The van der Waals surface area contributed by atoms with Crippen LogP contribution < -0.4 is 11.2 Å². The molecule has 6 heteroatoms. The van der Waals surface area contributed by atoms with Gasteiger partial charge in [0, 0.05) is 25.4 Å². The van der Waals surface area contributed by atoms with Crippen molar-refractivity contribution in [2.24, 2.45) is 7.05 Å². The fourth-order valence-corrected chi connectivity index (χ4v) is 2.02. The van der Waals surface area contributed by atoms with Crippen LogP contribution in [0.4, 0.5) is 0 Å². The minimum Gasteiger partial charge on any atom is -0.465 e. The van der Waals surface area contributed by atoms with Gasteiger partial charge < -0.3 is 9.40 Å². The molecule has 6 nitrogen and oxygen atoms in total. The van der Waals surface area contributed by atoms with Crippen molar-refractivity contribution < 1.29 is 4.42 Å². The highest BCUT2D eigenvalue weighted by atomic mass is 16.3. The second-order valence-corrected chi connectivity index (χ2v) is 4.98. The van der Waals surface area contributed by atoms with Crippen molar-refractivity contribution in [3.63, 3.8) is 0 Å². The highest BCUT2D eigenvalue weighted by Crippen LogP contribution is 2.08. The van der Waals surface area contributed by atoms with Crippen LogP contribution in [0.3, 0.4) is 0 Å². The molecular weight excluding hydrogens is 258 g/mol. The highest BCUT2D eigenvalue weighted by molar-refractivity contribution is 5.06. The number of hydrogen-bond acceptors (Lipinski definition) is 4. The summed E-state index contributed by atoms with van der Waals surface area (Å²) < 4.78 is 6.60. The van der Waals surface area contributed by atoms with Crippen LogP contribution in [0.2, 0.25) is 0 Å². The smallest absolute Gasteiger partial charge is 0.328 e. The van der Waals surface area contributed by atoms with Gasteiger partial charge in [0.15, 0.2) is 0 Å². The van der Waals surface area contributed by atoms with E-state index in [1.165, 1.54) is 13.2 Å². The first-order chi connectivity index (χ1) is 9.47. The van der Waals surface area contributed by atoms with Crippen molar-refractivity contribution in [1.29, 1.82) is 0 Å². The molecular formula is C14H19N3O3. The van der Waals surface area contributed by atoms with Crippen LogP contribution in [-0.2, 0) is 20.0 Å². The number of aromatic amines is 1. The molecule has 0 unspecified atom stereocenters. The SMILES string of the molecule is Cc1ccc(CN(C)CCc2c[nH]c(=O)n(C)c2=O)o1. The third-order valence-corrected chi connectivity index (χ3v) is 3.24. The van der Waals surface area contributed by atoms with Gasteiger partial charge in [-0.25, -0.2) is 4.79 Å². The quantitative estimate of drug-likeness (QED) is 0.871. The van der Waals surface area contributed by atoms with Gasteiger partial charge in [-0.15, -0.1) is 0 Å². The van der Waals surface area contributed by atoms with Gasteiger partial charge in [0.05, 0.1) is 6.54 Å². The van der Waals surface area contributed by atoms with Gasteiger partial charge in [-0.3, -0.25) is 14.3 Å². The van der Waals surface area contributed by atoms with E-state index in [9.17, 15) is 9.59 Å². The topological polar surface area (TPSA) is 71.2 Å². The molecule has 0 radical (unpaired) electrons. The zero-order valence-corrected chi connectivity index (χ0v) is 12.0. The summed E-state index contributed by atoms with van der Waals surface area (Å²) in [6.07, 6.45) is 2.08. The standard InChI is InChI=1S/C14H19N3O3/c1-10-4-5-12(20-10)9-16(2)7-6-11-8-15-14(19)17(3)13(11)18/h4-5,8H,6-7,9H2,1-3H3,(H,15,19). The van der Waals surface area contributed by atoms with Crippen LogP contribution in [0.5, 0.6) is 0 Å². The number of likely N-dealkylation sites (N-methyl/N-ethyl adjacent to an activating group) is 1. The van der Waals surface area contributed by atoms with Crippen molar-refractivity contribution >= 4 is 0 Å². The lowest BCUT2D eigenvalue weighted by atomic mass is 10.2. The van der Waals surface area contributed by atoms with Crippen LogP contribution in [-0.4, -0.2) is 28.0 Å². The molecule has 2 aromatic rings. The van der Waals surface area contributed by atoms with Crippen LogP contribution in [0.25, 0.3) is 0 Å². The van der Waals surface area contributed by atoms with Gasteiger partial charge >= 0.3 is 5.69 Å². The third kappa shape index (κ3) is 3.27. The summed E-state index contributed by atoms with van der Waals surface area (Å²) in [7, 11) is 3.44. The van der Waals surface area contributed by atoms with E-state index in [0.717, 1.165) is 16.1 Å². The Balaban J connectivity index is 1.97. The van der Waals surface area contributed by atoms with Gasteiger partial charge in [0.25, 0.3) is 5.56 Å². The maximum Gasteiger partial charge on any atom is 0.328 e. The molecule has 0 bridgehead atoms. The fourth-order valence-electron chi connectivity index (χ4n) is 2.02. The molecule has 0 aromatic carbocycles. The van der Waals surface area contributed by atoms with Crippen molar-refractivity contribution in [1.82, 2.24) is 14.5 Å². The Bertz CT molecular complexity index is 696. The molecule has 2 heterocycles. The van der Waals surface area contributed by atoms with Crippen molar-refractivity contribution in [3.05, 3.63) is 56.3 Å². The van der Waals surface area contributed by atoms with Gasteiger partial charge in [0.2, 0.25) is 0 Å². The van der Waals surface area contributed by atoms with Gasteiger partial charge in [-0.2, -0.15) is 0 Å². The summed E-state index contributed by atoms with van der Waals surface area (Å²) in [5, 5.41) is 0. The maximum atomic E-state index is 11.9. The van der Waals surface area contributed by atoms with Crippen LogP contribution >= 0.6 is 0 Å². The van der Waals surface area contributed by atoms with Crippen molar-refractivity contribution in [2.75, 3.05) is 13.6 Å². The average molecular weight is 277 g/mol. The minimum atomic E-state index is -0.391. The number of nitrogens with one attached hydrogen (secondary N) is 1. The number of aromatic nitrogens is 2. The lowest BCUT2D eigenvalue weighted by Gasteiger charge is -2.14. The van der Waals surface area contributed by atoms with E-state index in [2.05, 4.69) is 9.88 Å². The summed E-state index contributed by atoms with van der Waals surface area (Å²) in [5.41, 5.74) is -0.0243. The largest absolute Gasteiger partial charge is 0.465 e. The highest BCUT2D eigenvalue weighted by Gasteiger charge is 2.07. The minimum absolute atomic E-state index is 0.240. The number of H-pyrrole nitrogens is 1. The number of nitrogens with zero attached hydrogens (tertiary/aromatic N) is 2. The first-order valence-electron chi connectivity index (χ1n) is 6.49. The number of rotatable bonds is 5. The van der Waals surface area contributed by atoms with Crippen molar-refractivity contribution in [2.45, 2.75) is 19.9 Å². The second kappa shape index (κ2) is 5.92. The average Bonchev–Trinajstić information content (AvgIpc) is 2.80. The zero-order chi connectivity index (χ0) is 14.7. The predicted molar refractivity (Wildman–Crippen MR) is 75.8 cm³/mol. The molecule has 0 atom stereocenters. The second-order valence-electron chi connectivity index (χ2n) is 4.98. The Morgan fingerprint density at radius 1 is 1.35 bits per heavy atom. The van der Waals surface area contributed by atoms with Gasteiger partial charge in [0.1, 0.15) is 11.5 Å². The van der Waals surface area contributed by atoms with E-state index in [0.29, 0.717) is 25.1 Å². The molecule has 0 saturated heterocycles. The molecule has 0 fully saturated rings.